The minimum absolute atomic E-state index is 0.138. The molecule has 2 aromatic rings. The molecule has 0 bridgehead atoms. The van der Waals surface area contributed by atoms with Gasteiger partial charge in [-0.15, -0.1) is 11.3 Å². The highest BCUT2D eigenvalue weighted by atomic mass is 32.1. The third kappa shape index (κ3) is 5.46. The average molecular weight is 433 g/mol. The highest BCUT2D eigenvalue weighted by Gasteiger charge is 2.25. The molecule has 3 rings (SSSR count). The van der Waals surface area contributed by atoms with Gasteiger partial charge in [0.25, 0.3) is 5.91 Å². The number of rotatable bonds is 11. The van der Waals surface area contributed by atoms with Crippen LogP contribution in [0.3, 0.4) is 0 Å². The molecule has 0 radical (unpaired) electrons. The number of nitrogens with one attached hydrogen (secondary N) is 1. The van der Waals surface area contributed by atoms with Gasteiger partial charge in [-0.05, 0) is 70.3 Å². The second kappa shape index (κ2) is 11.2. The first kappa shape index (κ1) is 22.4. The van der Waals surface area contributed by atoms with Gasteiger partial charge in [0.05, 0.1) is 25.9 Å². The van der Waals surface area contributed by atoms with Gasteiger partial charge in [0, 0.05) is 17.0 Å². The van der Waals surface area contributed by atoms with Crippen molar-refractivity contribution >= 4 is 17.2 Å². The summed E-state index contributed by atoms with van der Waals surface area (Å²) in [5.41, 5.74) is 0.511. The van der Waals surface area contributed by atoms with Crippen LogP contribution in [0, 0.1) is 0 Å². The lowest BCUT2D eigenvalue weighted by Crippen LogP contribution is -2.36. The van der Waals surface area contributed by atoms with Crippen LogP contribution < -0.4 is 19.5 Å². The monoisotopic (exact) mass is 432 g/mol. The molecule has 1 N–H and O–H groups in total. The standard InChI is InChI=1S/C23H32N2O4S/c1-4-27-19-14-17(15-20(28-5-2)22(19)29-6-3)23(26)24-16-18(21-10-9-13-30-21)25-11-7-8-12-25/h9-10,13-15,18H,4-8,11-12,16H2,1-3H3,(H,24,26). The van der Waals surface area contributed by atoms with Gasteiger partial charge in [-0.3, -0.25) is 9.69 Å². The van der Waals surface area contributed by atoms with Crippen LogP contribution in [-0.2, 0) is 0 Å². The minimum Gasteiger partial charge on any atom is -0.490 e. The quantitative estimate of drug-likeness (QED) is 0.566. The van der Waals surface area contributed by atoms with Crippen LogP contribution in [0.2, 0.25) is 0 Å². The minimum atomic E-state index is -0.138. The molecule has 30 heavy (non-hydrogen) atoms. The maximum atomic E-state index is 13.0. The lowest BCUT2D eigenvalue weighted by molar-refractivity contribution is 0.0937. The molecule has 1 atom stereocenters. The predicted octanol–water partition coefficient (Wildman–Crippen LogP) is 4.51. The SMILES string of the molecule is CCOc1cc(C(=O)NCC(c2cccs2)N2CCCC2)cc(OCC)c1OCC. The van der Waals surface area contributed by atoms with Gasteiger partial charge >= 0.3 is 0 Å². The van der Waals surface area contributed by atoms with Crippen molar-refractivity contribution in [3.63, 3.8) is 0 Å². The molecule has 1 aromatic carbocycles. The molecule has 2 heterocycles. The third-order valence-corrected chi connectivity index (χ3v) is 6.05. The third-order valence-electron chi connectivity index (χ3n) is 5.08. The fourth-order valence-corrected chi connectivity index (χ4v) is 4.62. The Bertz CT molecular complexity index is 777. The van der Waals surface area contributed by atoms with Gasteiger partial charge in [0.2, 0.25) is 5.75 Å². The van der Waals surface area contributed by atoms with Crippen molar-refractivity contribution in [1.82, 2.24) is 10.2 Å². The molecule has 1 aromatic heterocycles. The van der Waals surface area contributed by atoms with Crippen LogP contribution >= 0.6 is 11.3 Å². The van der Waals surface area contributed by atoms with E-state index in [1.165, 1.54) is 17.7 Å². The van der Waals surface area contributed by atoms with Crippen molar-refractivity contribution < 1.29 is 19.0 Å². The van der Waals surface area contributed by atoms with Gasteiger partial charge in [-0.25, -0.2) is 0 Å². The van der Waals surface area contributed by atoms with Crippen molar-refractivity contribution in [3.05, 3.63) is 40.1 Å². The zero-order chi connectivity index (χ0) is 21.3. The van der Waals surface area contributed by atoms with Crippen molar-refractivity contribution in [2.24, 2.45) is 0 Å². The number of hydrogen-bond acceptors (Lipinski definition) is 6. The van der Waals surface area contributed by atoms with E-state index in [1.807, 2.05) is 20.8 Å². The number of amides is 1. The molecule has 1 saturated heterocycles. The van der Waals surface area contributed by atoms with Crippen molar-refractivity contribution in [1.29, 1.82) is 0 Å². The second-order valence-corrected chi connectivity index (χ2v) is 8.06. The van der Waals surface area contributed by atoms with Crippen molar-refractivity contribution in [2.45, 2.75) is 39.7 Å². The molecule has 1 unspecified atom stereocenters. The number of nitrogens with zero attached hydrogens (tertiary/aromatic N) is 1. The highest BCUT2D eigenvalue weighted by Crippen LogP contribution is 2.39. The van der Waals surface area contributed by atoms with E-state index in [2.05, 4.69) is 27.7 Å². The summed E-state index contributed by atoms with van der Waals surface area (Å²) in [5.74, 6) is 1.47. The Morgan fingerprint density at radius 2 is 1.70 bits per heavy atom. The average Bonchev–Trinajstić information content (AvgIpc) is 3.45. The van der Waals surface area contributed by atoms with E-state index < -0.39 is 0 Å². The summed E-state index contributed by atoms with van der Waals surface area (Å²) in [4.78, 5) is 16.8. The number of hydrogen-bond donors (Lipinski definition) is 1. The molecule has 6 nitrogen and oxygen atoms in total. The van der Waals surface area contributed by atoms with Crippen molar-refractivity contribution in [2.75, 3.05) is 39.5 Å². The second-order valence-electron chi connectivity index (χ2n) is 7.08. The van der Waals surface area contributed by atoms with Crippen LogP contribution in [-0.4, -0.2) is 50.3 Å². The molecule has 1 fully saturated rings. The Morgan fingerprint density at radius 3 is 2.23 bits per heavy atom. The largest absolute Gasteiger partial charge is 0.490 e. The van der Waals surface area contributed by atoms with Gasteiger partial charge in [-0.2, -0.15) is 0 Å². The fraction of sp³-hybridized carbons (Fsp3) is 0.522. The molecule has 0 spiro atoms. The number of thiophene rings is 1. The first-order valence-electron chi connectivity index (χ1n) is 10.8. The van der Waals surface area contributed by atoms with Crippen LogP contribution in [0.4, 0.5) is 0 Å². The first-order chi connectivity index (χ1) is 14.7. The molecule has 1 aliphatic heterocycles. The zero-order valence-electron chi connectivity index (χ0n) is 18.1. The van der Waals surface area contributed by atoms with Gasteiger partial charge in [-0.1, -0.05) is 6.07 Å². The van der Waals surface area contributed by atoms with Gasteiger partial charge in [0.1, 0.15) is 0 Å². The Kier molecular flexibility index (Phi) is 8.39. The van der Waals surface area contributed by atoms with Gasteiger partial charge in [0.15, 0.2) is 11.5 Å². The predicted molar refractivity (Wildman–Crippen MR) is 120 cm³/mol. The van der Waals surface area contributed by atoms with E-state index in [4.69, 9.17) is 14.2 Å². The first-order valence-corrected chi connectivity index (χ1v) is 11.7. The number of likely N-dealkylation sites (tertiary alicyclic amines) is 1. The molecule has 0 aliphatic carbocycles. The Labute approximate surface area is 183 Å². The van der Waals surface area contributed by atoms with E-state index in [-0.39, 0.29) is 11.9 Å². The molecule has 1 amide bonds. The Morgan fingerprint density at radius 1 is 1.07 bits per heavy atom. The smallest absolute Gasteiger partial charge is 0.251 e. The molecular formula is C23H32N2O4S. The lowest BCUT2D eigenvalue weighted by Gasteiger charge is -2.27. The van der Waals surface area contributed by atoms with Crippen LogP contribution in [0.15, 0.2) is 29.6 Å². The fourth-order valence-electron chi connectivity index (χ4n) is 3.75. The maximum Gasteiger partial charge on any atom is 0.251 e. The summed E-state index contributed by atoms with van der Waals surface area (Å²) >= 11 is 1.74. The van der Waals surface area contributed by atoms with Gasteiger partial charge < -0.3 is 19.5 Å². The summed E-state index contributed by atoms with van der Waals surface area (Å²) < 4.78 is 17.2. The number of benzene rings is 1. The maximum absolute atomic E-state index is 13.0. The van der Waals surface area contributed by atoms with E-state index >= 15 is 0 Å². The summed E-state index contributed by atoms with van der Waals surface area (Å²) in [6, 6.07) is 7.90. The molecule has 1 aliphatic rings. The van der Waals surface area contributed by atoms with E-state index in [9.17, 15) is 4.79 Å². The summed E-state index contributed by atoms with van der Waals surface area (Å²) in [6.45, 7) is 9.89. The Balaban J connectivity index is 1.79. The highest BCUT2D eigenvalue weighted by molar-refractivity contribution is 7.10. The van der Waals surface area contributed by atoms with Crippen LogP contribution in [0.5, 0.6) is 17.2 Å². The van der Waals surface area contributed by atoms with E-state index in [1.54, 1.807) is 23.5 Å². The molecule has 0 saturated carbocycles. The summed E-state index contributed by atoms with van der Waals surface area (Å²) in [6.07, 6.45) is 2.42. The lowest BCUT2D eigenvalue weighted by atomic mass is 10.1. The van der Waals surface area contributed by atoms with E-state index in [0.29, 0.717) is 49.2 Å². The molecule has 164 valence electrons. The number of ether oxygens (including phenoxy) is 3. The zero-order valence-corrected chi connectivity index (χ0v) is 18.9. The number of carbonyl (C=O) groups excluding carboxylic acids is 1. The summed E-state index contributed by atoms with van der Waals surface area (Å²) in [5, 5.41) is 5.22. The normalized spacial score (nSPS) is 15.0. The van der Waals surface area contributed by atoms with Crippen molar-refractivity contribution in [3.8, 4) is 17.2 Å². The van der Waals surface area contributed by atoms with Crippen LogP contribution in [0.25, 0.3) is 0 Å². The topological polar surface area (TPSA) is 60.0 Å². The summed E-state index contributed by atoms with van der Waals surface area (Å²) in [7, 11) is 0. The Hall–Kier alpha value is -2.25. The van der Waals surface area contributed by atoms with E-state index in [0.717, 1.165) is 13.1 Å². The molecular weight excluding hydrogens is 400 g/mol. The molecule has 7 heteroatoms. The number of carbonyl (C=O) groups is 1. The van der Waals surface area contributed by atoms with Crippen LogP contribution in [0.1, 0.15) is 54.9 Å².